The Morgan fingerprint density at radius 1 is 1.28 bits per heavy atom. The number of rotatable bonds is 8. The first-order valence-electron chi connectivity index (χ1n) is 10.4. The molecule has 2 N–H and O–H groups in total. The van der Waals surface area contributed by atoms with Gasteiger partial charge in [0.25, 0.3) is 0 Å². The van der Waals surface area contributed by atoms with Crippen molar-refractivity contribution < 1.29 is 4.74 Å². The number of aliphatic imine (C=N–C) groups is 1. The Bertz CT molecular complexity index is 778. The van der Waals surface area contributed by atoms with Crippen molar-refractivity contribution in [3.8, 4) is 0 Å². The standard InChI is InChI=1S/C21H34N6OS/c1-16(2)15-27-8-7-23-20(27)14-25-21(22-4)24-13-18(19-6-5-17(3)29-19)26-9-11-28-12-10-26/h5-8,16,18H,9-15H2,1-4H3,(H2,22,24,25). The molecule has 0 bridgehead atoms. The summed E-state index contributed by atoms with van der Waals surface area (Å²) in [5.74, 6) is 2.42. The van der Waals surface area contributed by atoms with Gasteiger partial charge in [-0.05, 0) is 25.0 Å². The fraction of sp³-hybridized carbons (Fsp3) is 0.619. The summed E-state index contributed by atoms with van der Waals surface area (Å²) in [6.45, 7) is 12.5. The van der Waals surface area contributed by atoms with Gasteiger partial charge in [-0.25, -0.2) is 4.98 Å². The lowest BCUT2D eigenvalue weighted by Crippen LogP contribution is -2.46. The van der Waals surface area contributed by atoms with Crippen LogP contribution in [-0.4, -0.2) is 60.3 Å². The summed E-state index contributed by atoms with van der Waals surface area (Å²) in [7, 11) is 1.81. The summed E-state index contributed by atoms with van der Waals surface area (Å²) in [4.78, 5) is 14.1. The summed E-state index contributed by atoms with van der Waals surface area (Å²) in [6, 6.07) is 4.77. The molecular formula is C21H34N6OS. The summed E-state index contributed by atoms with van der Waals surface area (Å²) >= 11 is 1.87. The highest BCUT2D eigenvalue weighted by molar-refractivity contribution is 7.12. The Hall–Kier alpha value is -1.90. The number of imidazole rings is 1. The smallest absolute Gasteiger partial charge is 0.191 e. The fourth-order valence-corrected chi connectivity index (χ4v) is 4.59. The Balaban J connectivity index is 1.59. The van der Waals surface area contributed by atoms with Crippen LogP contribution < -0.4 is 10.6 Å². The van der Waals surface area contributed by atoms with Crippen LogP contribution in [-0.2, 0) is 17.8 Å². The van der Waals surface area contributed by atoms with Crippen LogP contribution in [0.2, 0.25) is 0 Å². The van der Waals surface area contributed by atoms with E-state index in [1.807, 2.05) is 30.8 Å². The van der Waals surface area contributed by atoms with Gasteiger partial charge in [0.1, 0.15) is 5.82 Å². The number of aryl methyl sites for hydroxylation is 1. The Kier molecular flexibility index (Phi) is 8.09. The number of nitrogens with zero attached hydrogens (tertiary/aromatic N) is 4. The molecule has 2 aromatic rings. The molecule has 1 atom stereocenters. The van der Waals surface area contributed by atoms with Crippen LogP contribution in [0.25, 0.3) is 0 Å². The second kappa shape index (κ2) is 10.8. The van der Waals surface area contributed by atoms with E-state index in [4.69, 9.17) is 4.74 Å². The highest BCUT2D eigenvalue weighted by atomic mass is 32.1. The van der Waals surface area contributed by atoms with Crippen LogP contribution in [0.3, 0.4) is 0 Å². The van der Waals surface area contributed by atoms with Gasteiger partial charge < -0.3 is 19.9 Å². The molecule has 0 radical (unpaired) electrons. The van der Waals surface area contributed by atoms with Crippen LogP contribution in [0.5, 0.6) is 0 Å². The molecule has 0 spiro atoms. The molecule has 0 saturated carbocycles. The molecule has 160 valence electrons. The van der Waals surface area contributed by atoms with E-state index in [2.05, 4.69) is 63.0 Å². The van der Waals surface area contributed by atoms with E-state index in [1.54, 1.807) is 0 Å². The first kappa shape index (κ1) is 21.8. The number of guanidine groups is 1. The van der Waals surface area contributed by atoms with Crippen LogP contribution >= 0.6 is 11.3 Å². The first-order valence-corrected chi connectivity index (χ1v) is 11.2. The van der Waals surface area contributed by atoms with Crippen molar-refractivity contribution in [1.29, 1.82) is 0 Å². The molecule has 3 heterocycles. The molecule has 0 aromatic carbocycles. The lowest BCUT2D eigenvalue weighted by molar-refractivity contribution is 0.0177. The van der Waals surface area contributed by atoms with Crippen molar-refractivity contribution >= 4 is 17.3 Å². The molecule has 2 aromatic heterocycles. The van der Waals surface area contributed by atoms with E-state index in [0.29, 0.717) is 18.5 Å². The summed E-state index contributed by atoms with van der Waals surface area (Å²) in [6.07, 6.45) is 3.91. The first-order chi connectivity index (χ1) is 14.1. The molecular weight excluding hydrogens is 384 g/mol. The lowest BCUT2D eigenvalue weighted by Gasteiger charge is -2.34. The predicted molar refractivity (Wildman–Crippen MR) is 119 cm³/mol. The topological polar surface area (TPSA) is 66.7 Å². The van der Waals surface area contributed by atoms with E-state index in [1.165, 1.54) is 9.75 Å². The molecule has 29 heavy (non-hydrogen) atoms. The van der Waals surface area contributed by atoms with Crippen LogP contribution in [0.15, 0.2) is 29.5 Å². The molecule has 1 unspecified atom stereocenters. The van der Waals surface area contributed by atoms with Crippen LogP contribution in [0, 0.1) is 12.8 Å². The number of aromatic nitrogens is 2. The van der Waals surface area contributed by atoms with Gasteiger partial charge in [0, 0.05) is 55.4 Å². The average Bonchev–Trinajstić information content (AvgIpc) is 3.33. The third kappa shape index (κ3) is 6.29. The maximum atomic E-state index is 5.55. The maximum Gasteiger partial charge on any atom is 0.191 e. The van der Waals surface area contributed by atoms with E-state index in [9.17, 15) is 0 Å². The molecule has 1 saturated heterocycles. The normalized spacial score (nSPS) is 16.9. The maximum absolute atomic E-state index is 5.55. The number of nitrogens with one attached hydrogen (secondary N) is 2. The van der Waals surface area contributed by atoms with Gasteiger partial charge in [-0.1, -0.05) is 13.8 Å². The van der Waals surface area contributed by atoms with E-state index in [0.717, 1.165) is 51.2 Å². The molecule has 0 aliphatic carbocycles. The Labute approximate surface area is 178 Å². The molecule has 7 nitrogen and oxygen atoms in total. The zero-order valence-electron chi connectivity index (χ0n) is 18.0. The number of ether oxygens (including phenoxy) is 1. The van der Waals surface area contributed by atoms with Gasteiger partial charge in [0.05, 0.1) is 25.8 Å². The lowest BCUT2D eigenvalue weighted by atomic mass is 10.2. The number of morpholine rings is 1. The largest absolute Gasteiger partial charge is 0.379 e. The van der Waals surface area contributed by atoms with Crippen LogP contribution in [0.4, 0.5) is 0 Å². The van der Waals surface area contributed by atoms with E-state index < -0.39 is 0 Å². The van der Waals surface area contributed by atoms with Crippen molar-refractivity contribution in [2.24, 2.45) is 10.9 Å². The predicted octanol–water partition coefficient (Wildman–Crippen LogP) is 2.65. The zero-order valence-corrected chi connectivity index (χ0v) is 18.8. The molecule has 1 aliphatic heterocycles. The van der Waals surface area contributed by atoms with E-state index in [-0.39, 0.29) is 0 Å². The minimum absolute atomic E-state index is 0.319. The molecule has 8 heteroatoms. The molecule has 1 fully saturated rings. The molecule has 1 aliphatic rings. The van der Waals surface area contributed by atoms with Crippen molar-refractivity contribution in [2.45, 2.75) is 39.9 Å². The van der Waals surface area contributed by atoms with Crippen molar-refractivity contribution in [2.75, 3.05) is 39.9 Å². The molecule has 0 amide bonds. The van der Waals surface area contributed by atoms with Gasteiger partial charge in [-0.15, -0.1) is 11.3 Å². The minimum atomic E-state index is 0.319. The van der Waals surface area contributed by atoms with Gasteiger partial charge in [0.2, 0.25) is 0 Å². The molecule has 3 rings (SSSR count). The summed E-state index contributed by atoms with van der Waals surface area (Å²) in [5, 5.41) is 6.94. The number of hydrogen-bond acceptors (Lipinski definition) is 5. The quantitative estimate of drug-likeness (QED) is 0.510. The zero-order chi connectivity index (χ0) is 20.6. The van der Waals surface area contributed by atoms with Gasteiger partial charge in [0.15, 0.2) is 5.96 Å². The highest BCUT2D eigenvalue weighted by Gasteiger charge is 2.24. The fourth-order valence-electron chi connectivity index (χ4n) is 3.57. The van der Waals surface area contributed by atoms with E-state index >= 15 is 0 Å². The second-order valence-electron chi connectivity index (χ2n) is 7.81. The van der Waals surface area contributed by atoms with Crippen LogP contribution in [0.1, 0.15) is 35.5 Å². The minimum Gasteiger partial charge on any atom is -0.379 e. The monoisotopic (exact) mass is 418 g/mol. The Morgan fingerprint density at radius 3 is 2.72 bits per heavy atom. The SMILES string of the molecule is CN=C(NCc1nccn1CC(C)C)NCC(c1ccc(C)s1)N1CCOCC1. The van der Waals surface area contributed by atoms with Crippen molar-refractivity contribution in [3.63, 3.8) is 0 Å². The van der Waals surface area contributed by atoms with Gasteiger partial charge in [-0.3, -0.25) is 9.89 Å². The van der Waals surface area contributed by atoms with Crippen molar-refractivity contribution in [3.05, 3.63) is 40.1 Å². The summed E-state index contributed by atoms with van der Waals surface area (Å²) < 4.78 is 7.76. The van der Waals surface area contributed by atoms with Crippen molar-refractivity contribution in [1.82, 2.24) is 25.1 Å². The summed E-state index contributed by atoms with van der Waals surface area (Å²) in [5.41, 5.74) is 0. The highest BCUT2D eigenvalue weighted by Crippen LogP contribution is 2.27. The third-order valence-corrected chi connectivity index (χ3v) is 6.14. The van der Waals surface area contributed by atoms with Gasteiger partial charge >= 0.3 is 0 Å². The average molecular weight is 419 g/mol. The number of hydrogen-bond donors (Lipinski definition) is 2. The Morgan fingerprint density at radius 2 is 2.07 bits per heavy atom. The number of thiophene rings is 1. The second-order valence-corrected chi connectivity index (χ2v) is 9.13. The van der Waals surface area contributed by atoms with Gasteiger partial charge in [-0.2, -0.15) is 0 Å². The third-order valence-electron chi connectivity index (χ3n) is 5.04.